The number of allylic oxidation sites excluding steroid dienone is 2. The van der Waals surface area contributed by atoms with Gasteiger partial charge in [0.1, 0.15) is 5.16 Å². The molecule has 3 aromatic carbocycles. The lowest BCUT2D eigenvalue weighted by Crippen LogP contribution is -2.38. The van der Waals surface area contributed by atoms with Crippen LogP contribution in [0, 0.1) is 0 Å². The second-order valence-electron chi connectivity index (χ2n) is 7.70. The van der Waals surface area contributed by atoms with E-state index in [2.05, 4.69) is 0 Å². The van der Waals surface area contributed by atoms with Gasteiger partial charge in [-0.05, 0) is 29.2 Å². The van der Waals surface area contributed by atoms with Crippen LogP contribution in [0.25, 0.3) is 11.1 Å². The fourth-order valence-electron chi connectivity index (χ4n) is 4.62. The van der Waals surface area contributed by atoms with E-state index in [0.29, 0.717) is 5.57 Å². The van der Waals surface area contributed by atoms with Crippen molar-refractivity contribution in [3.05, 3.63) is 108 Å². The lowest BCUT2D eigenvalue weighted by atomic mass is 9.82. The maximum atomic E-state index is 14.2. The van der Waals surface area contributed by atoms with Gasteiger partial charge < -0.3 is 9.05 Å². The van der Waals surface area contributed by atoms with Crippen molar-refractivity contribution < 1.29 is 18.4 Å². The van der Waals surface area contributed by atoms with Crippen LogP contribution in [-0.2, 0) is 18.4 Å². The smallest absolute Gasteiger partial charge is 0.311 e. The molecule has 31 heavy (non-hydrogen) atoms. The molecule has 0 radical (unpaired) electrons. The molecule has 4 nitrogen and oxygen atoms in total. The van der Waals surface area contributed by atoms with Gasteiger partial charge in [-0.2, -0.15) is 0 Å². The molecular weight excluding hydrogens is 407 g/mol. The maximum absolute atomic E-state index is 14.2. The predicted octanol–water partition coefficient (Wildman–Crippen LogP) is 6.21. The highest BCUT2D eigenvalue weighted by Crippen LogP contribution is 2.71. The van der Waals surface area contributed by atoms with E-state index >= 15 is 0 Å². The molecule has 0 heterocycles. The van der Waals surface area contributed by atoms with Gasteiger partial charge in [0.25, 0.3) is 0 Å². The summed E-state index contributed by atoms with van der Waals surface area (Å²) in [6.07, 6.45) is 0. The molecule has 0 unspecified atom stereocenters. The van der Waals surface area contributed by atoms with Crippen LogP contribution >= 0.6 is 7.60 Å². The Morgan fingerprint density at radius 3 is 1.68 bits per heavy atom. The van der Waals surface area contributed by atoms with Crippen molar-refractivity contribution in [2.45, 2.75) is 18.0 Å². The number of ketones is 1. The summed E-state index contributed by atoms with van der Waals surface area (Å²) in [7, 11) is -1.14. The van der Waals surface area contributed by atoms with E-state index in [-0.39, 0.29) is 5.78 Å². The Balaban J connectivity index is 2.11. The zero-order chi connectivity index (χ0) is 22.1. The third-order valence-electron chi connectivity index (χ3n) is 6.14. The zero-order valence-corrected chi connectivity index (χ0v) is 18.7. The number of hydrogen-bond donors (Lipinski definition) is 0. The van der Waals surface area contributed by atoms with E-state index in [1.165, 1.54) is 14.2 Å². The molecular formula is C26H25O4P. The summed E-state index contributed by atoms with van der Waals surface area (Å²) in [5.74, 6) is -0.747. The molecule has 0 aliphatic heterocycles. The van der Waals surface area contributed by atoms with E-state index in [4.69, 9.17) is 9.05 Å². The summed E-state index contributed by atoms with van der Waals surface area (Å²) >= 11 is 0. The largest absolute Gasteiger partial charge is 0.344 e. The second kappa shape index (κ2) is 8.39. The van der Waals surface area contributed by atoms with Crippen molar-refractivity contribution in [1.29, 1.82) is 0 Å². The topological polar surface area (TPSA) is 52.6 Å². The maximum Gasteiger partial charge on any atom is 0.344 e. The first kappa shape index (κ1) is 21.5. The Morgan fingerprint density at radius 1 is 0.742 bits per heavy atom. The van der Waals surface area contributed by atoms with Gasteiger partial charge in [-0.25, -0.2) is 0 Å². The van der Waals surface area contributed by atoms with Crippen LogP contribution < -0.4 is 0 Å². The third kappa shape index (κ3) is 3.32. The van der Waals surface area contributed by atoms with E-state index in [1.54, 1.807) is 6.92 Å². The molecule has 4 rings (SSSR count). The Labute approximate surface area is 183 Å². The molecule has 2 atom stereocenters. The van der Waals surface area contributed by atoms with E-state index in [0.717, 1.165) is 22.3 Å². The first-order valence-electron chi connectivity index (χ1n) is 10.1. The number of carbonyl (C=O) groups excluding carboxylic acids is 1. The summed E-state index contributed by atoms with van der Waals surface area (Å²) < 4.78 is 24.8. The highest BCUT2D eigenvalue weighted by Gasteiger charge is 2.63. The molecule has 0 saturated carbocycles. The fourth-order valence-corrected chi connectivity index (χ4v) is 6.49. The second-order valence-corrected chi connectivity index (χ2v) is 10.4. The van der Waals surface area contributed by atoms with Crippen LogP contribution in [0.15, 0.2) is 91.0 Å². The van der Waals surface area contributed by atoms with Crippen LogP contribution in [0.3, 0.4) is 0 Å². The number of benzene rings is 3. The SMILES string of the molecule is COP(=O)(OC)[C@]1(C)C(=O)C(c2ccccc2)=C(c2ccccc2)[C@@H]1c1ccccc1. The number of carbonyl (C=O) groups is 1. The first-order chi connectivity index (χ1) is 15.0. The van der Waals surface area contributed by atoms with Crippen molar-refractivity contribution in [2.24, 2.45) is 0 Å². The van der Waals surface area contributed by atoms with Crippen molar-refractivity contribution in [1.82, 2.24) is 0 Å². The zero-order valence-electron chi connectivity index (χ0n) is 17.8. The molecule has 0 fully saturated rings. The van der Waals surface area contributed by atoms with Crippen LogP contribution in [0.5, 0.6) is 0 Å². The van der Waals surface area contributed by atoms with Gasteiger partial charge in [0.2, 0.25) is 0 Å². The van der Waals surface area contributed by atoms with Gasteiger partial charge in [-0.15, -0.1) is 0 Å². The van der Waals surface area contributed by atoms with Crippen molar-refractivity contribution in [2.75, 3.05) is 14.2 Å². The van der Waals surface area contributed by atoms with E-state index in [1.807, 2.05) is 91.0 Å². The summed E-state index contributed by atoms with van der Waals surface area (Å²) in [5, 5.41) is -1.42. The summed E-state index contributed by atoms with van der Waals surface area (Å²) in [6.45, 7) is 1.71. The lowest BCUT2D eigenvalue weighted by molar-refractivity contribution is -0.115. The molecule has 1 aliphatic carbocycles. The standard InChI is InChI=1S/C26H25O4P/c1-26(31(28,29-2)30-3)24(21-17-11-6-12-18-21)22(19-13-7-4-8-14-19)23(25(26)27)20-15-9-5-10-16-20/h4-18,24H,1-3H3/t24-,26-/m0/s1. The van der Waals surface area contributed by atoms with Gasteiger partial charge in [0, 0.05) is 25.7 Å². The number of rotatable bonds is 6. The molecule has 3 aromatic rings. The molecule has 5 heteroatoms. The highest BCUT2D eigenvalue weighted by molar-refractivity contribution is 7.57. The molecule has 158 valence electrons. The number of Topliss-reactive ketones (excluding diaryl/α,β-unsaturated/α-hetero) is 1. The predicted molar refractivity (Wildman–Crippen MR) is 124 cm³/mol. The molecule has 0 amide bonds. The normalized spacial score (nSPS) is 21.5. The minimum atomic E-state index is -3.83. The number of hydrogen-bond acceptors (Lipinski definition) is 4. The molecule has 0 N–H and O–H groups in total. The van der Waals surface area contributed by atoms with Gasteiger partial charge in [-0.3, -0.25) is 9.36 Å². The Bertz CT molecular complexity index is 1150. The van der Waals surface area contributed by atoms with Crippen LogP contribution in [0.4, 0.5) is 0 Å². The van der Waals surface area contributed by atoms with Crippen molar-refractivity contribution in [3.8, 4) is 0 Å². The minimum absolute atomic E-state index is 0.238. The minimum Gasteiger partial charge on any atom is -0.311 e. The van der Waals surface area contributed by atoms with Crippen LogP contribution in [0.1, 0.15) is 29.5 Å². The Hall–Kier alpha value is -2.78. The van der Waals surface area contributed by atoms with Gasteiger partial charge in [0.05, 0.1) is 0 Å². The lowest BCUT2D eigenvalue weighted by Gasteiger charge is -2.36. The summed E-state index contributed by atoms with van der Waals surface area (Å²) in [5.41, 5.74) is 3.97. The molecule has 1 aliphatic rings. The Morgan fingerprint density at radius 2 is 1.19 bits per heavy atom. The highest BCUT2D eigenvalue weighted by atomic mass is 31.2. The molecule has 0 spiro atoms. The van der Waals surface area contributed by atoms with E-state index < -0.39 is 18.7 Å². The first-order valence-corrected chi connectivity index (χ1v) is 11.7. The third-order valence-corrected chi connectivity index (χ3v) is 8.70. The van der Waals surface area contributed by atoms with Gasteiger partial charge in [0.15, 0.2) is 5.78 Å². The van der Waals surface area contributed by atoms with Crippen molar-refractivity contribution in [3.63, 3.8) is 0 Å². The molecule has 0 saturated heterocycles. The van der Waals surface area contributed by atoms with Gasteiger partial charge >= 0.3 is 7.60 Å². The summed E-state index contributed by atoms with van der Waals surface area (Å²) in [6, 6.07) is 29.0. The van der Waals surface area contributed by atoms with Crippen LogP contribution in [0.2, 0.25) is 0 Å². The average molecular weight is 432 g/mol. The van der Waals surface area contributed by atoms with E-state index in [9.17, 15) is 9.36 Å². The molecule has 0 bridgehead atoms. The average Bonchev–Trinajstić information content (AvgIpc) is 3.08. The monoisotopic (exact) mass is 432 g/mol. The quantitative estimate of drug-likeness (QED) is 0.435. The summed E-state index contributed by atoms with van der Waals surface area (Å²) in [4.78, 5) is 14.2. The Kier molecular flexibility index (Phi) is 5.81. The fraction of sp³-hybridized carbons (Fsp3) is 0.192. The van der Waals surface area contributed by atoms with Crippen molar-refractivity contribution >= 4 is 24.5 Å². The van der Waals surface area contributed by atoms with Crippen LogP contribution in [-0.4, -0.2) is 25.2 Å². The van der Waals surface area contributed by atoms with Gasteiger partial charge in [-0.1, -0.05) is 91.0 Å². The molecule has 0 aromatic heterocycles.